The fraction of sp³-hybridized carbons (Fsp3) is 0.0833. The quantitative estimate of drug-likeness (QED) is 0.359. The lowest BCUT2D eigenvalue weighted by Gasteiger charge is -2.07. The van der Waals surface area contributed by atoms with Crippen LogP contribution in [-0.2, 0) is 6.54 Å². The van der Waals surface area contributed by atoms with Crippen LogP contribution in [-0.4, -0.2) is 27.6 Å². The van der Waals surface area contributed by atoms with E-state index in [-0.39, 0.29) is 11.5 Å². The summed E-state index contributed by atoms with van der Waals surface area (Å²) in [7, 11) is 1.58. The summed E-state index contributed by atoms with van der Waals surface area (Å²) in [5.41, 5.74) is 2.18. The number of carbonyl (C=O) groups is 1. The average Bonchev–Trinajstić information content (AvgIpc) is 3.26. The van der Waals surface area contributed by atoms with Crippen molar-refractivity contribution in [2.75, 3.05) is 12.4 Å². The summed E-state index contributed by atoms with van der Waals surface area (Å²) in [5.74, 6) is 0.392. The largest absolute Gasteiger partial charge is 0.495 e. The molecular weight excluding hydrogens is 474 g/mol. The number of nitrogens with one attached hydrogen (secondary N) is 2. The molecule has 34 heavy (non-hydrogen) atoms. The van der Waals surface area contributed by atoms with Crippen LogP contribution in [0.2, 0.25) is 5.02 Å². The summed E-state index contributed by atoms with van der Waals surface area (Å²) in [6.45, 7) is 0.357. The zero-order valence-electron chi connectivity index (χ0n) is 17.9. The lowest BCUT2D eigenvalue weighted by molar-refractivity contribution is 0.0951. The Hall–Kier alpha value is -3.95. The number of fused-ring (bicyclic) bond motifs is 2. The molecule has 0 fully saturated rings. The molecule has 0 aliphatic carbocycles. The molecule has 10 heteroatoms. The van der Waals surface area contributed by atoms with Crippen LogP contribution in [0.4, 0.5) is 10.8 Å². The average molecular weight is 492 g/mol. The highest BCUT2D eigenvalue weighted by Crippen LogP contribution is 2.29. The first-order chi connectivity index (χ1) is 16.5. The lowest BCUT2D eigenvalue weighted by Crippen LogP contribution is -2.23. The van der Waals surface area contributed by atoms with Gasteiger partial charge in [-0.2, -0.15) is 4.52 Å². The van der Waals surface area contributed by atoms with Crippen LogP contribution in [0.1, 0.15) is 15.9 Å². The number of hydrogen-bond acceptors (Lipinski definition) is 7. The van der Waals surface area contributed by atoms with Gasteiger partial charge in [0.15, 0.2) is 0 Å². The molecule has 0 radical (unpaired) electrons. The molecule has 5 aromatic rings. The van der Waals surface area contributed by atoms with Crippen molar-refractivity contribution in [3.05, 3.63) is 93.2 Å². The second kappa shape index (κ2) is 9.12. The van der Waals surface area contributed by atoms with E-state index < -0.39 is 0 Å². The van der Waals surface area contributed by atoms with Crippen molar-refractivity contribution in [1.82, 2.24) is 19.9 Å². The van der Waals surface area contributed by atoms with Gasteiger partial charge in [0, 0.05) is 17.1 Å². The third-order valence-corrected chi connectivity index (χ3v) is 6.25. The molecule has 0 bridgehead atoms. The molecule has 1 amide bonds. The Morgan fingerprint density at radius 3 is 2.71 bits per heavy atom. The highest BCUT2D eigenvalue weighted by Gasteiger charge is 2.14. The van der Waals surface area contributed by atoms with Gasteiger partial charge in [0.2, 0.25) is 10.1 Å². The van der Waals surface area contributed by atoms with E-state index in [1.807, 2.05) is 36.4 Å². The van der Waals surface area contributed by atoms with Crippen molar-refractivity contribution in [1.29, 1.82) is 0 Å². The van der Waals surface area contributed by atoms with E-state index in [4.69, 9.17) is 16.3 Å². The standard InChI is InChI=1S/C24H18ClN5O3S/c1-33-20-5-3-2-4-18(20)27-23-29-30-22(32)17-11-8-15(12-19(17)28-24(30)34-23)21(31)26-13-14-6-9-16(25)10-7-14/h2-12H,13H2,1H3,(H,26,31)(H,27,29). The predicted octanol–water partition coefficient (Wildman–Crippen LogP) is 4.64. The van der Waals surface area contributed by atoms with Gasteiger partial charge in [-0.05, 0) is 48.0 Å². The van der Waals surface area contributed by atoms with Gasteiger partial charge < -0.3 is 15.4 Å². The fourth-order valence-corrected chi connectivity index (χ4v) is 4.39. The van der Waals surface area contributed by atoms with Crippen molar-refractivity contribution >= 4 is 55.5 Å². The smallest absolute Gasteiger partial charge is 0.283 e. The minimum absolute atomic E-state index is 0.262. The molecule has 0 aliphatic heterocycles. The Balaban J connectivity index is 1.43. The molecule has 2 N–H and O–H groups in total. The first kappa shape index (κ1) is 21.9. The number of amides is 1. The van der Waals surface area contributed by atoms with Crippen LogP contribution >= 0.6 is 22.9 Å². The molecule has 0 saturated heterocycles. The predicted molar refractivity (Wildman–Crippen MR) is 134 cm³/mol. The molecule has 0 saturated carbocycles. The van der Waals surface area contributed by atoms with Crippen LogP contribution in [0, 0.1) is 0 Å². The van der Waals surface area contributed by atoms with Crippen molar-refractivity contribution < 1.29 is 9.53 Å². The Kier molecular flexibility index (Phi) is 5.87. The lowest BCUT2D eigenvalue weighted by atomic mass is 10.1. The molecule has 2 aromatic heterocycles. The number of anilines is 2. The monoisotopic (exact) mass is 491 g/mol. The maximum atomic E-state index is 13.0. The molecule has 8 nitrogen and oxygen atoms in total. The zero-order valence-corrected chi connectivity index (χ0v) is 19.5. The number of rotatable bonds is 6. The summed E-state index contributed by atoms with van der Waals surface area (Å²) >= 11 is 7.13. The molecule has 170 valence electrons. The van der Waals surface area contributed by atoms with Gasteiger partial charge in [-0.25, -0.2) is 4.98 Å². The van der Waals surface area contributed by atoms with Gasteiger partial charge in [0.05, 0.1) is 23.7 Å². The van der Waals surface area contributed by atoms with E-state index in [0.717, 1.165) is 11.3 Å². The number of benzene rings is 3. The van der Waals surface area contributed by atoms with Crippen molar-refractivity contribution in [3.63, 3.8) is 0 Å². The third-order valence-electron chi connectivity index (χ3n) is 5.17. The summed E-state index contributed by atoms with van der Waals surface area (Å²) in [5, 5.41) is 11.9. The number of methoxy groups -OCH3 is 1. The summed E-state index contributed by atoms with van der Waals surface area (Å²) in [6.07, 6.45) is 0. The number of aromatic nitrogens is 3. The molecule has 0 unspecified atom stereocenters. The van der Waals surface area contributed by atoms with Crippen LogP contribution in [0.5, 0.6) is 5.75 Å². The van der Waals surface area contributed by atoms with E-state index in [0.29, 0.717) is 43.9 Å². The van der Waals surface area contributed by atoms with Gasteiger partial charge in [0.25, 0.3) is 11.5 Å². The maximum absolute atomic E-state index is 13.0. The van der Waals surface area contributed by atoms with Crippen LogP contribution in [0.3, 0.4) is 0 Å². The topological polar surface area (TPSA) is 97.6 Å². The number of nitrogens with zero attached hydrogens (tertiary/aromatic N) is 3. The van der Waals surface area contributed by atoms with E-state index >= 15 is 0 Å². The minimum Gasteiger partial charge on any atom is -0.495 e. The van der Waals surface area contributed by atoms with Crippen LogP contribution < -0.4 is 20.9 Å². The Bertz CT molecular complexity index is 1580. The highest BCUT2D eigenvalue weighted by atomic mass is 35.5. The van der Waals surface area contributed by atoms with Gasteiger partial charge in [0.1, 0.15) is 5.75 Å². The highest BCUT2D eigenvalue weighted by molar-refractivity contribution is 7.20. The van der Waals surface area contributed by atoms with Gasteiger partial charge in [-0.1, -0.05) is 47.2 Å². The second-order valence-corrected chi connectivity index (χ2v) is 8.78. The molecule has 0 atom stereocenters. The Morgan fingerprint density at radius 1 is 1.12 bits per heavy atom. The maximum Gasteiger partial charge on any atom is 0.283 e. The molecule has 0 spiro atoms. The molecular formula is C24H18ClN5O3S. The summed E-state index contributed by atoms with van der Waals surface area (Å²) in [6, 6.07) is 19.5. The fourth-order valence-electron chi connectivity index (χ4n) is 3.45. The third kappa shape index (κ3) is 4.30. The van der Waals surface area contributed by atoms with Crippen molar-refractivity contribution in [2.45, 2.75) is 6.54 Å². The molecule has 0 aliphatic rings. The number of carbonyl (C=O) groups excluding carboxylic acids is 1. The van der Waals surface area contributed by atoms with Crippen LogP contribution in [0.25, 0.3) is 15.9 Å². The van der Waals surface area contributed by atoms with Crippen molar-refractivity contribution in [2.24, 2.45) is 0 Å². The van der Waals surface area contributed by atoms with E-state index in [2.05, 4.69) is 20.7 Å². The molecule has 3 aromatic carbocycles. The van der Waals surface area contributed by atoms with Gasteiger partial charge in [-0.15, -0.1) is 5.10 Å². The number of para-hydroxylation sites is 2. The summed E-state index contributed by atoms with van der Waals surface area (Å²) in [4.78, 5) is 30.6. The number of hydrogen-bond donors (Lipinski definition) is 2. The second-order valence-electron chi connectivity index (χ2n) is 7.38. The van der Waals surface area contributed by atoms with E-state index in [9.17, 15) is 9.59 Å². The zero-order chi connectivity index (χ0) is 23.7. The van der Waals surface area contributed by atoms with Crippen molar-refractivity contribution in [3.8, 4) is 5.75 Å². The first-order valence-electron chi connectivity index (χ1n) is 10.3. The Morgan fingerprint density at radius 2 is 1.91 bits per heavy atom. The van der Waals surface area contributed by atoms with Gasteiger partial charge >= 0.3 is 0 Å². The van der Waals surface area contributed by atoms with Gasteiger partial charge in [-0.3, -0.25) is 9.59 Å². The Labute approximate surface area is 202 Å². The normalized spacial score (nSPS) is 11.0. The molecule has 5 rings (SSSR count). The number of halogens is 1. The summed E-state index contributed by atoms with van der Waals surface area (Å²) < 4.78 is 6.61. The minimum atomic E-state index is -0.308. The number of ether oxygens (including phenoxy) is 1. The van der Waals surface area contributed by atoms with E-state index in [1.54, 1.807) is 37.4 Å². The van der Waals surface area contributed by atoms with E-state index in [1.165, 1.54) is 15.9 Å². The van der Waals surface area contributed by atoms with Crippen LogP contribution in [0.15, 0.2) is 71.5 Å². The molecule has 2 heterocycles. The first-order valence-corrected chi connectivity index (χ1v) is 11.5. The SMILES string of the molecule is COc1ccccc1Nc1nn2c(=O)c3ccc(C(=O)NCc4ccc(Cl)cc4)cc3nc2s1.